The van der Waals surface area contributed by atoms with Crippen LogP contribution in [-0.4, -0.2) is 32.4 Å². The summed E-state index contributed by atoms with van der Waals surface area (Å²) in [5.41, 5.74) is 5.83. The molecule has 2 unspecified atom stereocenters. The van der Waals surface area contributed by atoms with Gasteiger partial charge in [-0.05, 0) is 37.4 Å². The number of hydrogen-bond donors (Lipinski definition) is 2. The van der Waals surface area contributed by atoms with Gasteiger partial charge in [0.25, 0.3) is 5.82 Å². The summed E-state index contributed by atoms with van der Waals surface area (Å²) in [5.74, 6) is -0.428. The van der Waals surface area contributed by atoms with Crippen LogP contribution in [0.2, 0.25) is 0 Å². The molecule has 2 atom stereocenters. The first-order chi connectivity index (χ1) is 10.5. The zero-order chi connectivity index (χ0) is 15.7. The van der Waals surface area contributed by atoms with Crippen molar-refractivity contribution in [2.24, 2.45) is 11.7 Å². The summed E-state index contributed by atoms with van der Waals surface area (Å²) in [6.45, 7) is 0.556. The van der Waals surface area contributed by atoms with E-state index >= 15 is 0 Å². The van der Waals surface area contributed by atoms with Gasteiger partial charge in [-0.1, -0.05) is 12.8 Å². The fraction of sp³-hybridized carbons (Fsp3) is 0.615. The second-order valence-corrected chi connectivity index (χ2v) is 5.54. The predicted molar refractivity (Wildman–Crippen MR) is 74.2 cm³/mol. The average molecular weight is 314 g/mol. The quantitative estimate of drug-likeness (QED) is 0.906. The van der Waals surface area contributed by atoms with Gasteiger partial charge in [0.1, 0.15) is 5.82 Å². The molecule has 0 aromatic carbocycles. The Labute approximate surface area is 124 Å². The molecule has 120 valence electrons. The lowest BCUT2D eigenvalue weighted by Gasteiger charge is -2.31. The van der Waals surface area contributed by atoms with Crippen molar-refractivity contribution in [3.8, 4) is 0 Å². The average Bonchev–Trinajstić information content (AvgIpc) is 2.91. The van der Waals surface area contributed by atoms with Crippen LogP contribution in [0.5, 0.6) is 0 Å². The van der Waals surface area contributed by atoms with Gasteiger partial charge in [-0.25, -0.2) is 0 Å². The van der Waals surface area contributed by atoms with E-state index < -0.39 is 12.0 Å². The number of hydrogen-bond acceptors (Lipinski definition) is 5. The lowest BCUT2D eigenvalue weighted by Crippen LogP contribution is -2.37. The predicted octanol–water partition coefficient (Wildman–Crippen LogP) is 2.07. The van der Waals surface area contributed by atoms with Gasteiger partial charge in [-0.3, -0.25) is 0 Å². The monoisotopic (exact) mass is 314 g/mol. The summed E-state index contributed by atoms with van der Waals surface area (Å²) in [5, 5.41) is 13.8. The lowest BCUT2D eigenvalue weighted by molar-refractivity contribution is -0.146. The van der Waals surface area contributed by atoms with Crippen molar-refractivity contribution in [1.82, 2.24) is 19.8 Å². The Hall–Kier alpha value is -1.90. The summed E-state index contributed by atoms with van der Waals surface area (Å²) >= 11 is 0. The van der Waals surface area contributed by atoms with E-state index in [2.05, 4.69) is 20.6 Å². The fourth-order valence-corrected chi connectivity index (χ4v) is 2.91. The number of alkyl halides is 3. The molecule has 2 heterocycles. The number of nitrogens with one attached hydrogen (secondary N) is 1. The maximum Gasteiger partial charge on any atom is 0.453 e. The number of nitrogens with zero attached hydrogens (tertiary/aromatic N) is 4. The first-order valence-electron chi connectivity index (χ1n) is 7.25. The summed E-state index contributed by atoms with van der Waals surface area (Å²) < 4.78 is 39.3. The molecule has 0 radical (unpaired) electrons. The molecule has 3 N–H and O–H groups in total. The maximum absolute atomic E-state index is 12.9. The number of anilines is 1. The van der Waals surface area contributed by atoms with Gasteiger partial charge < -0.3 is 11.1 Å². The van der Waals surface area contributed by atoms with E-state index in [-0.39, 0.29) is 11.7 Å². The summed E-state index contributed by atoms with van der Waals surface area (Å²) in [6.07, 6.45) is -0.407. The lowest BCUT2D eigenvalue weighted by atomic mass is 9.84. The molecule has 0 aliphatic heterocycles. The number of nitrogens with two attached hydrogens (primary N) is 1. The van der Waals surface area contributed by atoms with Gasteiger partial charge in [0.15, 0.2) is 5.65 Å². The van der Waals surface area contributed by atoms with Gasteiger partial charge in [0, 0.05) is 6.04 Å². The van der Waals surface area contributed by atoms with Crippen LogP contribution < -0.4 is 11.1 Å². The molecule has 2 aromatic heterocycles. The minimum atomic E-state index is -4.59. The Balaban J connectivity index is 1.88. The van der Waals surface area contributed by atoms with Gasteiger partial charge in [-0.2, -0.15) is 17.7 Å². The van der Waals surface area contributed by atoms with Crippen LogP contribution in [0.4, 0.5) is 19.0 Å². The normalized spacial score (nSPS) is 22.9. The van der Waals surface area contributed by atoms with E-state index in [1.165, 1.54) is 6.07 Å². The Morgan fingerprint density at radius 3 is 2.73 bits per heavy atom. The molecule has 0 spiro atoms. The van der Waals surface area contributed by atoms with Crippen LogP contribution >= 0.6 is 0 Å². The molecule has 2 aromatic rings. The highest BCUT2D eigenvalue weighted by Crippen LogP contribution is 2.29. The van der Waals surface area contributed by atoms with Crippen molar-refractivity contribution in [3.05, 3.63) is 18.0 Å². The van der Waals surface area contributed by atoms with Gasteiger partial charge in [0.05, 0.1) is 0 Å². The molecule has 1 saturated carbocycles. The molecule has 9 heteroatoms. The first-order valence-corrected chi connectivity index (χ1v) is 7.25. The highest BCUT2D eigenvalue weighted by molar-refractivity contribution is 5.44. The van der Waals surface area contributed by atoms with Crippen LogP contribution in [0.3, 0.4) is 0 Å². The Morgan fingerprint density at radius 2 is 2.00 bits per heavy atom. The molecule has 1 fully saturated rings. The van der Waals surface area contributed by atoms with Gasteiger partial charge in [0.2, 0.25) is 0 Å². The number of rotatable bonds is 3. The minimum absolute atomic E-state index is 0.0666. The molecule has 0 amide bonds. The third-order valence-corrected chi connectivity index (χ3v) is 4.06. The molecule has 6 nitrogen and oxygen atoms in total. The van der Waals surface area contributed by atoms with Crippen molar-refractivity contribution in [1.29, 1.82) is 0 Å². The Morgan fingerprint density at radius 1 is 1.23 bits per heavy atom. The minimum Gasteiger partial charge on any atom is -0.366 e. The zero-order valence-corrected chi connectivity index (χ0v) is 11.8. The second-order valence-electron chi connectivity index (χ2n) is 5.54. The van der Waals surface area contributed by atoms with Crippen LogP contribution in [0.25, 0.3) is 5.65 Å². The second kappa shape index (κ2) is 5.71. The number of halogens is 3. The third-order valence-electron chi connectivity index (χ3n) is 4.06. The van der Waals surface area contributed by atoms with E-state index in [0.717, 1.165) is 30.2 Å². The number of aromatic nitrogens is 4. The highest BCUT2D eigenvalue weighted by Gasteiger charge is 2.37. The van der Waals surface area contributed by atoms with Gasteiger partial charge >= 0.3 is 6.18 Å². The summed E-state index contributed by atoms with van der Waals surface area (Å²) in [7, 11) is 0. The van der Waals surface area contributed by atoms with Crippen molar-refractivity contribution >= 4 is 11.5 Å². The van der Waals surface area contributed by atoms with Crippen LogP contribution in [0.1, 0.15) is 31.5 Å². The zero-order valence-electron chi connectivity index (χ0n) is 11.8. The molecule has 22 heavy (non-hydrogen) atoms. The van der Waals surface area contributed by atoms with E-state index in [1.807, 2.05) is 0 Å². The molecule has 0 bridgehead atoms. The molecule has 3 rings (SSSR count). The van der Waals surface area contributed by atoms with Crippen molar-refractivity contribution < 1.29 is 13.2 Å². The topological polar surface area (TPSA) is 81.1 Å². The van der Waals surface area contributed by atoms with E-state index in [0.29, 0.717) is 18.3 Å². The Bertz CT molecular complexity index is 653. The third kappa shape index (κ3) is 2.85. The maximum atomic E-state index is 12.9. The Kier molecular flexibility index (Phi) is 3.90. The highest BCUT2D eigenvalue weighted by atomic mass is 19.4. The smallest absolute Gasteiger partial charge is 0.366 e. The van der Waals surface area contributed by atoms with E-state index in [9.17, 15) is 13.2 Å². The largest absolute Gasteiger partial charge is 0.453 e. The van der Waals surface area contributed by atoms with Crippen molar-refractivity contribution in [3.63, 3.8) is 0 Å². The molecule has 0 saturated heterocycles. The van der Waals surface area contributed by atoms with E-state index in [4.69, 9.17) is 5.73 Å². The fourth-order valence-electron chi connectivity index (χ4n) is 2.91. The first kappa shape index (κ1) is 15.0. The van der Waals surface area contributed by atoms with Crippen molar-refractivity contribution in [2.75, 3.05) is 11.9 Å². The summed E-state index contributed by atoms with van der Waals surface area (Å²) in [6, 6.07) is 3.22. The SMILES string of the molecule is NCC1CCCCC1Nc1ccc2nnc(C(F)(F)F)n2n1. The molecule has 1 aliphatic carbocycles. The van der Waals surface area contributed by atoms with Crippen molar-refractivity contribution in [2.45, 2.75) is 37.9 Å². The van der Waals surface area contributed by atoms with Crippen LogP contribution in [0.15, 0.2) is 12.1 Å². The standard InChI is InChI=1S/C13H17F3N6/c14-13(15,16)12-20-19-11-6-5-10(21-22(11)12)18-9-4-2-1-3-8(9)7-17/h5-6,8-9H,1-4,7,17H2,(H,18,21). The molecular weight excluding hydrogens is 297 g/mol. The summed E-state index contributed by atoms with van der Waals surface area (Å²) in [4.78, 5) is 0. The van der Waals surface area contributed by atoms with Gasteiger partial charge in [-0.15, -0.1) is 15.3 Å². The molecular formula is C13H17F3N6. The van der Waals surface area contributed by atoms with Crippen LogP contribution in [0, 0.1) is 5.92 Å². The van der Waals surface area contributed by atoms with E-state index in [1.54, 1.807) is 6.07 Å². The number of fused-ring (bicyclic) bond motifs is 1. The van der Waals surface area contributed by atoms with Crippen LogP contribution in [-0.2, 0) is 6.18 Å². The molecule has 1 aliphatic rings.